The first-order valence-corrected chi connectivity index (χ1v) is 7.74. The van der Waals surface area contributed by atoms with Crippen LogP contribution < -0.4 is 10.2 Å². The fraction of sp³-hybridized carbons (Fsp3) is 0.176. The summed E-state index contributed by atoms with van der Waals surface area (Å²) in [5.41, 5.74) is 2.99. The lowest BCUT2D eigenvalue weighted by Gasteiger charge is -2.17. The molecule has 24 heavy (non-hydrogen) atoms. The zero-order valence-electron chi connectivity index (χ0n) is 12.9. The number of hydrogen-bond acceptors (Lipinski definition) is 5. The molecule has 120 valence electrons. The second-order valence-corrected chi connectivity index (χ2v) is 5.60. The Morgan fingerprint density at radius 1 is 1.12 bits per heavy atom. The molecule has 4 rings (SSSR count). The van der Waals surface area contributed by atoms with Crippen molar-refractivity contribution in [3.05, 3.63) is 55.2 Å². The number of rotatable bonds is 4. The highest BCUT2D eigenvalue weighted by Gasteiger charge is 2.32. The summed E-state index contributed by atoms with van der Waals surface area (Å²) in [6.45, 7) is 0.682. The molecule has 0 aliphatic carbocycles. The number of benzene rings is 1. The summed E-state index contributed by atoms with van der Waals surface area (Å²) >= 11 is 0. The van der Waals surface area contributed by atoms with Crippen LogP contribution in [0.5, 0.6) is 0 Å². The number of anilines is 2. The summed E-state index contributed by atoms with van der Waals surface area (Å²) in [7, 11) is 0. The number of amides is 1. The quantitative estimate of drug-likeness (QED) is 0.768. The predicted octanol–water partition coefficient (Wildman–Crippen LogP) is 2.08. The highest BCUT2D eigenvalue weighted by atomic mass is 16.2. The Labute approximate surface area is 138 Å². The number of H-pyrrole nitrogens is 1. The van der Waals surface area contributed by atoms with Crippen LogP contribution >= 0.6 is 0 Å². The van der Waals surface area contributed by atoms with Crippen LogP contribution in [0.4, 0.5) is 11.5 Å². The molecule has 0 radical (unpaired) electrons. The van der Waals surface area contributed by atoms with Gasteiger partial charge in [0.25, 0.3) is 0 Å². The normalized spacial score (nSPS) is 17.2. The van der Waals surface area contributed by atoms with Gasteiger partial charge < -0.3 is 10.2 Å². The molecular weight excluding hydrogens is 304 g/mol. The zero-order valence-corrected chi connectivity index (χ0v) is 12.9. The molecule has 0 spiro atoms. The Kier molecular flexibility index (Phi) is 3.66. The van der Waals surface area contributed by atoms with E-state index in [0.29, 0.717) is 12.4 Å². The first kappa shape index (κ1) is 14.4. The Morgan fingerprint density at radius 3 is 2.71 bits per heavy atom. The van der Waals surface area contributed by atoms with Crippen molar-refractivity contribution in [2.24, 2.45) is 0 Å². The van der Waals surface area contributed by atoms with Crippen LogP contribution in [0.3, 0.4) is 0 Å². The number of carbonyl (C=O) groups excluding carboxylic acids is 1. The van der Waals surface area contributed by atoms with Crippen molar-refractivity contribution in [3.63, 3.8) is 0 Å². The van der Waals surface area contributed by atoms with Crippen LogP contribution in [0.1, 0.15) is 6.42 Å². The van der Waals surface area contributed by atoms with Gasteiger partial charge in [0.05, 0.1) is 12.4 Å². The van der Waals surface area contributed by atoms with Crippen molar-refractivity contribution in [1.29, 1.82) is 0 Å². The molecule has 1 unspecified atom stereocenters. The highest BCUT2D eigenvalue weighted by Crippen LogP contribution is 2.26. The topological polar surface area (TPSA) is 86.8 Å². The van der Waals surface area contributed by atoms with Crippen LogP contribution in [0.25, 0.3) is 11.1 Å². The number of aromatic amines is 1. The molecule has 2 N–H and O–H groups in total. The molecular formula is C17H16N6O. The smallest absolute Gasteiger partial charge is 0.249 e. The largest absolute Gasteiger partial charge is 0.357 e. The number of carbonyl (C=O) groups is 1. The molecule has 3 heterocycles. The van der Waals surface area contributed by atoms with Gasteiger partial charge in [-0.05, 0) is 24.1 Å². The van der Waals surface area contributed by atoms with E-state index >= 15 is 0 Å². The van der Waals surface area contributed by atoms with Crippen molar-refractivity contribution in [2.75, 3.05) is 16.8 Å². The second-order valence-electron chi connectivity index (χ2n) is 5.60. The standard InChI is InChI=1S/C17H16N6O/c24-17-15(22-16-11-18-6-7-19-16)5-8-23(17)14-3-1-12(2-4-14)13-9-20-21-10-13/h1-4,6-7,9-11,15H,5,8H2,(H,19,22)(H,20,21). The van der Waals surface area contributed by atoms with Crippen LogP contribution in [-0.4, -0.2) is 38.7 Å². The minimum Gasteiger partial charge on any atom is -0.357 e. The Balaban J connectivity index is 1.48. The van der Waals surface area contributed by atoms with Gasteiger partial charge in [-0.15, -0.1) is 0 Å². The average Bonchev–Trinajstić information content (AvgIpc) is 3.27. The minimum atomic E-state index is -0.268. The molecule has 0 saturated carbocycles. The summed E-state index contributed by atoms with van der Waals surface area (Å²) in [5, 5.41) is 9.90. The molecule has 1 aliphatic heterocycles. The monoisotopic (exact) mass is 320 g/mol. The third kappa shape index (κ3) is 2.71. The van der Waals surface area contributed by atoms with Crippen LogP contribution in [0.15, 0.2) is 55.2 Å². The average molecular weight is 320 g/mol. The number of hydrogen-bond donors (Lipinski definition) is 2. The molecule has 3 aromatic rings. The van der Waals surface area contributed by atoms with Crippen LogP contribution in [-0.2, 0) is 4.79 Å². The van der Waals surface area contributed by atoms with E-state index in [1.54, 1.807) is 29.7 Å². The van der Waals surface area contributed by atoms with Gasteiger partial charge in [0.2, 0.25) is 5.91 Å². The predicted molar refractivity (Wildman–Crippen MR) is 90.4 cm³/mol. The molecule has 1 aromatic carbocycles. The van der Waals surface area contributed by atoms with Gasteiger partial charge in [-0.3, -0.25) is 14.9 Å². The van der Waals surface area contributed by atoms with E-state index < -0.39 is 0 Å². The SMILES string of the molecule is O=C1C(Nc2cnccn2)CCN1c1ccc(-c2cn[nH]c2)cc1. The molecule has 1 fully saturated rings. The Morgan fingerprint density at radius 2 is 2.00 bits per heavy atom. The molecule has 1 aliphatic rings. The number of aromatic nitrogens is 4. The lowest BCUT2D eigenvalue weighted by Crippen LogP contribution is -2.33. The molecule has 7 nitrogen and oxygen atoms in total. The van der Waals surface area contributed by atoms with Crippen molar-refractivity contribution < 1.29 is 4.79 Å². The molecule has 0 bridgehead atoms. The van der Waals surface area contributed by atoms with E-state index in [0.717, 1.165) is 23.2 Å². The van der Waals surface area contributed by atoms with Crippen molar-refractivity contribution >= 4 is 17.4 Å². The third-order valence-corrected chi connectivity index (χ3v) is 4.10. The van der Waals surface area contributed by atoms with E-state index in [-0.39, 0.29) is 11.9 Å². The van der Waals surface area contributed by atoms with Crippen molar-refractivity contribution in [2.45, 2.75) is 12.5 Å². The maximum Gasteiger partial charge on any atom is 0.249 e. The van der Waals surface area contributed by atoms with Gasteiger partial charge in [-0.1, -0.05) is 12.1 Å². The lowest BCUT2D eigenvalue weighted by molar-refractivity contribution is -0.117. The van der Waals surface area contributed by atoms with Crippen LogP contribution in [0, 0.1) is 0 Å². The molecule has 2 aromatic heterocycles. The Bertz CT molecular complexity index is 816. The summed E-state index contributed by atoms with van der Waals surface area (Å²) in [4.78, 5) is 22.6. The second kappa shape index (κ2) is 6.11. The first-order valence-electron chi connectivity index (χ1n) is 7.74. The summed E-state index contributed by atoms with van der Waals surface area (Å²) in [6.07, 6.45) is 9.19. The van der Waals surface area contributed by atoms with Gasteiger partial charge in [0.15, 0.2) is 0 Å². The van der Waals surface area contributed by atoms with Gasteiger partial charge in [-0.2, -0.15) is 5.10 Å². The maximum atomic E-state index is 12.6. The zero-order chi connectivity index (χ0) is 16.4. The third-order valence-electron chi connectivity index (χ3n) is 4.10. The summed E-state index contributed by atoms with van der Waals surface area (Å²) < 4.78 is 0. The van der Waals surface area contributed by atoms with E-state index in [9.17, 15) is 4.79 Å². The van der Waals surface area contributed by atoms with Gasteiger partial charge in [0.1, 0.15) is 11.9 Å². The van der Waals surface area contributed by atoms with E-state index in [1.165, 1.54) is 0 Å². The molecule has 7 heteroatoms. The van der Waals surface area contributed by atoms with E-state index in [4.69, 9.17) is 0 Å². The molecule has 1 saturated heterocycles. The maximum absolute atomic E-state index is 12.6. The fourth-order valence-corrected chi connectivity index (χ4v) is 2.86. The number of nitrogens with one attached hydrogen (secondary N) is 2. The van der Waals surface area contributed by atoms with Crippen LogP contribution in [0.2, 0.25) is 0 Å². The van der Waals surface area contributed by atoms with Crippen molar-refractivity contribution in [1.82, 2.24) is 20.2 Å². The summed E-state index contributed by atoms with van der Waals surface area (Å²) in [5.74, 6) is 0.671. The lowest BCUT2D eigenvalue weighted by atomic mass is 10.1. The van der Waals surface area contributed by atoms with Gasteiger partial charge in [0, 0.05) is 36.4 Å². The van der Waals surface area contributed by atoms with E-state index in [1.807, 2.05) is 30.5 Å². The highest BCUT2D eigenvalue weighted by molar-refractivity contribution is 6.01. The molecule has 1 amide bonds. The minimum absolute atomic E-state index is 0.0525. The van der Waals surface area contributed by atoms with E-state index in [2.05, 4.69) is 25.5 Å². The fourth-order valence-electron chi connectivity index (χ4n) is 2.86. The molecule has 1 atom stereocenters. The first-order chi connectivity index (χ1) is 11.8. The summed E-state index contributed by atoms with van der Waals surface area (Å²) in [6, 6.07) is 7.65. The van der Waals surface area contributed by atoms with Gasteiger partial charge >= 0.3 is 0 Å². The number of nitrogens with zero attached hydrogens (tertiary/aromatic N) is 4. The Hall–Kier alpha value is -3.22. The van der Waals surface area contributed by atoms with Gasteiger partial charge in [-0.25, -0.2) is 4.98 Å². The van der Waals surface area contributed by atoms with Crippen molar-refractivity contribution in [3.8, 4) is 11.1 Å².